The molecule has 8 atom stereocenters. The van der Waals surface area contributed by atoms with E-state index in [-0.39, 0.29) is 40.4 Å². The number of nitrogens with one attached hydrogen (secondary N) is 2. The zero-order chi connectivity index (χ0) is 32.7. The number of imide groups is 1. The summed E-state index contributed by atoms with van der Waals surface area (Å²) in [6, 6.07) is 17.3. The maximum Gasteiger partial charge on any atom is 0.326 e. The van der Waals surface area contributed by atoms with Crippen LogP contribution >= 0.6 is 34.7 Å². The van der Waals surface area contributed by atoms with Gasteiger partial charge in [0.2, 0.25) is 11.8 Å². The number of ether oxygens (including phenoxy) is 1. The predicted molar refractivity (Wildman–Crippen MR) is 177 cm³/mol. The SMILES string of the molecule is CC(C(=O)O)N1C(=O)C2C3CC(C2C1=O)C1C3Sc2[nH]c(=O)sc2[C@@H]1c1cc(Cl)ccc1OCC(=O)Nc1cccc2ccccc12. The third-order valence-corrected chi connectivity index (χ3v) is 13.1. The minimum absolute atomic E-state index is 0.109. The van der Waals surface area contributed by atoms with Crippen LogP contribution in [0.3, 0.4) is 0 Å². The lowest BCUT2D eigenvalue weighted by molar-refractivity contribution is -0.154. The van der Waals surface area contributed by atoms with Crippen LogP contribution < -0.4 is 14.9 Å². The number of carboxylic acid groups (broad SMARTS) is 1. The second kappa shape index (κ2) is 11.2. The molecule has 1 saturated heterocycles. The number of carboxylic acids is 1. The van der Waals surface area contributed by atoms with Gasteiger partial charge in [0.25, 0.3) is 5.91 Å². The highest BCUT2D eigenvalue weighted by Gasteiger charge is 2.70. The number of carbonyl (C=O) groups is 4. The summed E-state index contributed by atoms with van der Waals surface area (Å²) < 4.78 is 6.19. The normalized spacial score (nSPS) is 27.8. The molecule has 3 heterocycles. The fourth-order valence-electron chi connectivity index (χ4n) is 8.44. The Kier molecular flexibility index (Phi) is 7.23. The van der Waals surface area contributed by atoms with Crippen LogP contribution in [0.5, 0.6) is 5.75 Å². The largest absolute Gasteiger partial charge is 0.483 e. The number of H-pyrrole nitrogens is 1. The van der Waals surface area contributed by atoms with Gasteiger partial charge in [0.15, 0.2) is 6.61 Å². The molecule has 7 unspecified atom stereocenters. The van der Waals surface area contributed by atoms with E-state index in [4.69, 9.17) is 16.3 Å². The monoisotopic (exact) mass is 689 g/mol. The van der Waals surface area contributed by atoms with Gasteiger partial charge >= 0.3 is 10.8 Å². The molecule has 3 amide bonds. The summed E-state index contributed by atoms with van der Waals surface area (Å²) in [5.41, 5.74) is 1.36. The van der Waals surface area contributed by atoms with E-state index in [9.17, 15) is 29.1 Å². The summed E-state index contributed by atoms with van der Waals surface area (Å²) in [6.45, 7) is 1.08. The molecule has 4 aliphatic rings. The number of thiazole rings is 1. The molecule has 10 nitrogen and oxygen atoms in total. The molecule has 2 aliphatic heterocycles. The highest BCUT2D eigenvalue weighted by molar-refractivity contribution is 8.00. The number of hydrogen-bond acceptors (Lipinski definition) is 8. The zero-order valence-electron chi connectivity index (χ0n) is 24.8. The highest BCUT2D eigenvalue weighted by Crippen LogP contribution is 2.69. The smallest absolute Gasteiger partial charge is 0.326 e. The van der Waals surface area contributed by atoms with Crippen molar-refractivity contribution in [1.29, 1.82) is 0 Å². The average molecular weight is 690 g/mol. The summed E-state index contributed by atoms with van der Waals surface area (Å²) in [5.74, 6) is -4.19. The van der Waals surface area contributed by atoms with Gasteiger partial charge in [0, 0.05) is 37.7 Å². The van der Waals surface area contributed by atoms with Crippen LogP contribution in [0.25, 0.3) is 10.8 Å². The number of hydrogen-bond donors (Lipinski definition) is 3. The Balaban J connectivity index is 1.13. The van der Waals surface area contributed by atoms with Crippen molar-refractivity contribution in [2.45, 2.75) is 35.6 Å². The van der Waals surface area contributed by atoms with Crippen LogP contribution in [0.15, 0.2) is 70.5 Å². The molecule has 13 heteroatoms. The zero-order valence-corrected chi connectivity index (χ0v) is 27.2. The number of benzene rings is 3. The number of halogens is 1. The second-order valence-electron chi connectivity index (χ2n) is 12.6. The van der Waals surface area contributed by atoms with E-state index in [0.29, 0.717) is 33.5 Å². The van der Waals surface area contributed by atoms with Gasteiger partial charge in [-0.2, -0.15) is 0 Å². The number of aromatic amines is 1. The van der Waals surface area contributed by atoms with E-state index in [1.54, 1.807) is 18.2 Å². The van der Waals surface area contributed by atoms with Crippen molar-refractivity contribution >= 4 is 74.9 Å². The lowest BCUT2D eigenvalue weighted by atomic mass is 9.68. The molecule has 4 aromatic rings. The van der Waals surface area contributed by atoms with Gasteiger partial charge in [-0.1, -0.05) is 59.3 Å². The first kappa shape index (κ1) is 30.2. The average Bonchev–Trinajstić information content (AvgIpc) is 3.79. The molecule has 240 valence electrons. The molecule has 2 bridgehead atoms. The number of amides is 3. The highest BCUT2D eigenvalue weighted by atomic mass is 35.5. The Bertz CT molecular complexity index is 2060. The van der Waals surface area contributed by atoms with Gasteiger partial charge in [-0.25, -0.2) is 4.79 Å². The van der Waals surface area contributed by atoms with Crippen LogP contribution in [-0.2, 0) is 19.2 Å². The van der Waals surface area contributed by atoms with Crippen molar-refractivity contribution in [2.24, 2.45) is 29.6 Å². The van der Waals surface area contributed by atoms with Crippen LogP contribution in [-0.4, -0.2) is 56.6 Å². The number of thioether (sulfide) groups is 1. The molecule has 0 spiro atoms. The Labute approximate surface area is 281 Å². The lowest BCUT2D eigenvalue weighted by Crippen LogP contribution is -2.44. The minimum atomic E-state index is -1.25. The number of fused-ring (bicyclic) bond motifs is 10. The quantitative estimate of drug-likeness (QED) is 0.224. The maximum absolute atomic E-state index is 13.7. The standard InChI is InChI=1S/C34H28ClN3O7S2/c1-14(33(42)43)38-31(40)26-19-12-20(27(26)32(38)41)28-25(19)24(29-30(46-28)37-34(44)47-29)18-11-16(35)9-10-22(18)45-13-23(39)36-21-8-4-6-15-5-2-3-7-17(15)21/h2-11,14,19-20,24-28H,12-13H2,1H3,(H,36,39)(H,37,44)(H,42,43)/t14?,19?,20?,24-,25?,26?,27?,28?/m1/s1. The van der Waals surface area contributed by atoms with Gasteiger partial charge in [-0.05, 0) is 60.7 Å². The number of likely N-dealkylation sites (tertiary alicyclic amines) is 1. The van der Waals surface area contributed by atoms with Crippen LogP contribution in [0.1, 0.15) is 29.7 Å². The van der Waals surface area contributed by atoms with Crippen molar-refractivity contribution in [1.82, 2.24) is 9.88 Å². The van der Waals surface area contributed by atoms with Crippen molar-refractivity contribution in [3.63, 3.8) is 0 Å². The van der Waals surface area contributed by atoms with Gasteiger partial charge in [-0.3, -0.25) is 24.1 Å². The van der Waals surface area contributed by atoms with Crippen LogP contribution in [0.4, 0.5) is 5.69 Å². The fraction of sp³-hybridized carbons (Fsp3) is 0.324. The number of rotatable bonds is 7. The molecule has 3 aromatic carbocycles. The number of aromatic nitrogens is 1. The number of anilines is 1. The third-order valence-electron chi connectivity index (χ3n) is 10.2. The van der Waals surface area contributed by atoms with Crippen molar-refractivity contribution in [3.05, 3.63) is 85.8 Å². The van der Waals surface area contributed by atoms with Gasteiger partial charge in [0.05, 0.1) is 16.9 Å². The van der Waals surface area contributed by atoms with E-state index in [1.165, 1.54) is 18.7 Å². The summed E-state index contributed by atoms with van der Waals surface area (Å²) in [4.78, 5) is 69.5. The molecule has 0 radical (unpaired) electrons. The lowest BCUT2D eigenvalue weighted by Gasteiger charge is -2.43. The first-order valence-corrected chi connectivity index (χ1v) is 17.4. The van der Waals surface area contributed by atoms with Gasteiger partial charge < -0.3 is 20.1 Å². The summed E-state index contributed by atoms with van der Waals surface area (Å²) in [6.07, 6.45) is 0.643. The molecule has 2 aliphatic carbocycles. The molecule has 2 saturated carbocycles. The van der Waals surface area contributed by atoms with Gasteiger partial charge in [-0.15, -0.1) is 11.8 Å². The molecule has 3 N–H and O–H groups in total. The summed E-state index contributed by atoms with van der Waals surface area (Å²) >= 11 is 9.19. The summed E-state index contributed by atoms with van der Waals surface area (Å²) in [5, 5.41) is 15.5. The van der Waals surface area contributed by atoms with E-state index >= 15 is 0 Å². The number of carbonyl (C=O) groups excluding carboxylic acids is 3. The first-order valence-electron chi connectivity index (χ1n) is 15.3. The Hall–Kier alpha value is -4.13. The molecular formula is C34H28ClN3O7S2. The molecular weight excluding hydrogens is 662 g/mol. The Morgan fingerprint density at radius 2 is 1.81 bits per heavy atom. The number of aliphatic carboxylic acids is 1. The molecule has 3 fully saturated rings. The Morgan fingerprint density at radius 3 is 2.60 bits per heavy atom. The summed E-state index contributed by atoms with van der Waals surface area (Å²) in [7, 11) is 0. The second-order valence-corrected chi connectivity index (χ2v) is 15.2. The fourth-order valence-corrected chi connectivity index (χ4v) is 11.5. The van der Waals surface area contributed by atoms with Crippen molar-refractivity contribution < 1.29 is 29.0 Å². The predicted octanol–water partition coefficient (Wildman–Crippen LogP) is 5.21. The first-order chi connectivity index (χ1) is 22.6. The third kappa shape index (κ3) is 4.71. The van der Waals surface area contributed by atoms with Crippen molar-refractivity contribution in [2.75, 3.05) is 11.9 Å². The molecule has 47 heavy (non-hydrogen) atoms. The van der Waals surface area contributed by atoms with E-state index in [2.05, 4.69) is 10.3 Å². The number of nitrogens with zero attached hydrogens (tertiary/aromatic N) is 1. The van der Waals surface area contributed by atoms with Gasteiger partial charge in [0.1, 0.15) is 11.8 Å². The molecule has 8 rings (SSSR count). The minimum Gasteiger partial charge on any atom is -0.483 e. The van der Waals surface area contributed by atoms with E-state index in [0.717, 1.165) is 31.9 Å². The topological polar surface area (TPSA) is 146 Å². The maximum atomic E-state index is 13.7. The van der Waals surface area contributed by atoms with Crippen LogP contribution in [0, 0.1) is 29.6 Å². The van der Waals surface area contributed by atoms with Crippen LogP contribution in [0.2, 0.25) is 5.02 Å². The Morgan fingerprint density at radius 1 is 1.06 bits per heavy atom. The molecule has 1 aromatic heterocycles. The van der Waals surface area contributed by atoms with E-state index in [1.807, 2.05) is 42.5 Å². The van der Waals surface area contributed by atoms with E-state index < -0.39 is 41.6 Å². The van der Waals surface area contributed by atoms with Crippen molar-refractivity contribution in [3.8, 4) is 5.75 Å².